The molecule has 1 amide bonds. The molecule has 4 aromatic rings. The second-order valence-corrected chi connectivity index (χ2v) is 7.40. The number of carbonyl (C=O) groups is 2. The first-order valence-corrected chi connectivity index (χ1v) is 9.64. The van der Waals surface area contributed by atoms with E-state index in [0.29, 0.717) is 11.3 Å². The monoisotopic (exact) mass is 406 g/mol. The number of nitrogens with one attached hydrogen (secondary N) is 1. The number of rotatable bonds is 4. The summed E-state index contributed by atoms with van der Waals surface area (Å²) in [5.41, 5.74) is 2.95. The van der Waals surface area contributed by atoms with Crippen molar-refractivity contribution in [3.05, 3.63) is 76.5 Å². The van der Waals surface area contributed by atoms with E-state index in [0.717, 1.165) is 22.2 Å². The molecule has 9 heteroatoms. The van der Waals surface area contributed by atoms with E-state index in [1.165, 1.54) is 16.5 Å². The van der Waals surface area contributed by atoms with E-state index in [9.17, 15) is 14.7 Å². The Labute approximate surface area is 168 Å². The van der Waals surface area contributed by atoms with E-state index >= 15 is 0 Å². The number of hydrogen-bond donors (Lipinski definition) is 2. The van der Waals surface area contributed by atoms with Crippen molar-refractivity contribution in [3.63, 3.8) is 0 Å². The van der Waals surface area contributed by atoms with Crippen LogP contribution in [0.5, 0.6) is 0 Å². The van der Waals surface area contributed by atoms with E-state index in [1.807, 2.05) is 24.3 Å². The Balaban J connectivity index is 1.73. The summed E-state index contributed by atoms with van der Waals surface area (Å²) in [6, 6.07) is 9.85. The molecule has 4 heterocycles. The molecule has 0 saturated carbocycles. The maximum absolute atomic E-state index is 13.2. The highest BCUT2D eigenvalue weighted by molar-refractivity contribution is 7.13. The van der Waals surface area contributed by atoms with Gasteiger partial charge in [-0.1, -0.05) is 29.5 Å². The molecule has 0 spiro atoms. The smallest absolute Gasteiger partial charge is 0.296 e. The number of Topliss-reactive ketones (excluding diaryl/α,β-unsaturated/α-hetero) is 1. The first-order valence-electron chi connectivity index (χ1n) is 8.76. The molecule has 0 radical (unpaired) electrons. The Bertz CT molecular complexity index is 1280. The van der Waals surface area contributed by atoms with Crippen LogP contribution >= 0.6 is 11.3 Å². The van der Waals surface area contributed by atoms with E-state index in [-0.39, 0.29) is 16.5 Å². The highest BCUT2D eigenvalue weighted by atomic mass is 32.1. The lowest BCUT2D eigenvalue weighted by atomic mass is 9.95. The Morgan fingerprint density at radius 3 is 2.83 bits per heavy atom. The molecule has 1 aliphatic rings. The maximum Gasteiger partial charge on any atom is 0.296 e. The van der Waals surface area contributed by atoms with Crippen LogP contribution < -0.4 is 4.90 Å². The van der Waals surface area contributed by atoms with Crippen molar-refractivity contribution in [1.82, 2.24) is 15.2 Å². The number of H-pyrrole nitrogens is 1. The molecule has 0 bridgehead atoms. The molecule has 8 nitrogen and oxygen atoms in total. The van der Waals surface area contributed by atoms with Crippen LogP contribution in [0.3, 0.4) is 0 Å². The summed E-state index contributed by atoms with van der Waals surface area (Å²) in [5, 5.41) is 19.6. The van der Waals surface area contributed by atoms with Gasteiger partial charge in [-0.2, -0.15) is 0 Å². The third kappa shape index (κ3) is 2.59. The lowest BCUT2D eigenvalue weighted by molar-refractivity contribution is -0.117. The quantitative estimate of drug-likeness (QED) is 0.500. The maximum atomic E-state index is 13.2. The SMILES string of the molecule is Cc1ccc(C(=O)C2=C(O)C(=O)N(c3nncs3)C2c2c[nH]c3ccccc23)o1. The first-order chi connectivity index (χ1) is 14.1. The number of aliphatic hydroxyl groups is 1. The Hall–Kier alpha value is -3.72. The zero-order valence-electron chi connectivity index (χ0n) is 15.1. The summed E-state index contributed by atoms with van der Waals surface area (Å²) in [5.74, 6) is -1.26. The molecule has 0 fully saturated rings. The minimum absolute atomic E-state index is 0.0516. The van der Waals surface area contributed by atoms with Crippen LogP contribution in [0.15, 0.2) is 63.9 Å². The fourth-order valence-corrected chi connectivity index (χ4v) is 4.20. The molecule has 144 valence electrons. The number of fused-ring (bicyclic) bond motifs is 1. The van der Waals surface area contributed by atoms with Crippen molar-refractivity contribution in [2.24, 2.45) is 0 Å². The first kappa shape index (κ1) is 17.4. The number of aromatic nitrogens is 3. The molecule has 1 aliphatic heterocycles. The number of furan rings is 1. The molecular weight excluding hydrogens is 392 g/mol. The van der Waals surface area contributed by atoms with Crippen LogP contribution in [0, 0.1) is 6.92 Å². The van der Waals surface area contributed by atoms with Crippen molar-refractivity contribution in [2.45, 2.75) is 13.0 Å². The predicted octanol–water partition coefficient (Wildman–Crippen LogP) is 3.70. The average Bonchev–Trinajstić information content (AvgIpc) is 3.49. The fourth-order valence-electron chi connectivity index (χ4n) is 3.61. The topological polar surface area (TPSA) is 112 Å². The number of amides is 1. The molecule has 1 atom stereocenters. The highest BCUT2D eigenvalue weighted by Gasteiger charge is 2.47. The average molecular weight is 406 g/mol. The second kappa shape index (κ2) is 6.42. The Morgan fingerprint density at radius 1 is 1.28 bits per heavy atom. The van der Waals surface area contributed by atoms with Gasteiger partial charge < -0.3 is 14.5 Å². The van der Waals surface area contributed by atoms with Gasteiger partial charge in [0.15, 0.2) is 11.5 Å². The number of aryl methyl sites for hydroxylation is 1. The summed E-state index contributed by atoms with van der Waals surface area (Å²) < 4.78 is 5.46. The summed E-state index contributed by atoms with van der Waals surface area (Å²) in [6.07, 6.45) is 1.73. The van der Waals surface area contributed by atoms with Crippen molar-refractivity contribution in [2.75, 3.05) is 4.90 Å². The fraction of sp³-hybridized carbons (Fsp3) is 0.100. The molecule has 1 unspecified atom stereocenters. The Morgan fingerprint density at radius 2 is 2.10 bits per heavy atom. The molecule has 29 heavy (non-hydrogen) atoms. The van der Waals surface area contributed by atoms with Crippen LogP contribution in [-0.4, -0.2) is 32.0 Å². The standard InChI is InChI=1S/C20H14N4O4S/c1-10-6-7-14(28-10)17(25)15-16(12-8-21-13-5-3-2-4-11(12)13)24(19(27)18(15)26)20-23-22-9-29-20/h2-9,16,21,26H,1H3. The van der Waals surface area contributed by atoms with Gasteiger partial charge in [0.2, 0.25) is 10.9 Å². The number of para-hydroxylation sites is 1. The summed E-state index contributed by atoms with van der Waals surface area (Å²) in [4.78, 5) is 30.7. The highest BCUT2D eigenvalue weighted by Crippen LogP contribution is 2.44. The van der Waals surface area contributed by atoms with E-state index < -0.39 is 23.5 Å². The molecule has 0 aliphatic carbocycles. The van der Waals surface area contributed by atoms with Gasteiger partial charge in [-0.3, -0.25) is 14.5 Å². The number of anilines is 1. The van der Waals surface area contributed by atoms with Crippen LogP contribution in [0.25, 0.3) is 10.9 Å². The summed E-state index contributed by atoms with van der Waals surface area (Å²) >= 11 is 1.15. The van der Waals surface area contributed by atoms with Gasteiger partial charge in [-0.25, -0.2) is 0 Å². The number of benzene rings is 1. The number of aromatic amines is 1. The Kier molecular flexibility index (Phi) is 3.85. The van der Waals surface area contributed by atoms with Crippen molar-refractivity contribution in [3.8, 4) is 0 Å². The normalized spacial score (nSPS) is 16.9. The van der Waals surface area contributed by atoms with E-state index in [1.54, 1.807) is 19.2 Å². The van der Waals surface area contributed by atoms with Gasteiger partial charge >= 0.3 is 0 Å². The molecule has 1 aromatic carbocycles. The number of nitrogens with zero attached hydrogens (tertiary/aromatic N) is 3. The third-order valence-electron chi connectivity index (χ3n) is 4.89. The third-order valence-corrected chi connectivity index (χ3v) is 5.58. The molecular formula is C20H14N4O4S. The van der Waals surface area contributed by atoms with Gasteiger partial charge in [0.05, 0.1) is 11.6 Å². The van der Waals surface area contributed by atoms with Crippen molar-refractivity contribution < 1.29 is 19.1 Å². The minimum atomic E-state index is -0.871. The number of hydrogen-bond acceptors (Lipinski definition) is 7. The van der Waals surface area contributed by atoms with E-state index in [4.69, 9.17) is 4.42 Å². The van der Waals surface area contributed by atoms with Crippen LogP contribution in [-0.2, 0) is 4.79 Å². The van der Waals surface area contributed by atoms with Crippen LogP contribution in [0.2, 0.25) is 0 Å². The number of carbonyl (C=O) groups excluding carboxylic acids is 2. The summed E-state index contributed by atoms with van der Waals surface area (Å²) in [6.45, 7) is 1.72. The van der Waals surface area contributed by atoms with Gasteiger partial charge in [0, 0.05) is 22.7 Å². The van der Waals surface area contributed by atoms with Gasteiger partial charge in [0.1, 0.15) is 11.3 Å². The molecule has 2 N–H and O–H groups in total. The number of ketones is 1. The predicted molar refractivity (Wildman–Crippen MR) is 106 cm³/mol. The molecule has 5 rings (SSSR count). The summed E-state index contributed by atoms with van der Waals surface area (Å²) in [7, 11) is 0. The van der Waals surface area contributed by atoms with Gasteiger partial charge in [-0.05, 0) is 25.1 Å². The van der Waals surface area contributed by atoms with Gasteiger partial charge in [0.25, 0.3) is 5.91 Å². The lowest BCUT2D eigenvalue weighted by Crippen LogP contribution is -2.30. The van der Waals surface area contributed by atoms with Crippen LogP contribution in [0.1, 0.15) is 27.9 Å². The van der Waals surface area contributed by atoms with E-state index in [2.05, 4.69) is 15.2 Å². The zero-order chi connectivity index (χ0) is 20.1. The van der Waals surface area contributed by atoms with Crippen molar-refractivity contribution >= 4 is 39.1 Å². The van der Waals surface area contributed by atoms with Crippen LogP contribution in [0.4, 0.5) is 5.13 Å². The van der Waals surface area contributed by atoms with Crippen molar-refractivity contribution in [1.29, 1.82) is 0 Å². The molecule has 3 aromatic heterocycles. The minimum Gasteiger partial charge on any atom is -0.503 e. The van der Waals surface area contributed by atoms with Gasteiger partial charge in [-0.15, -0.1) is 10.2 Å². The lowest BCUT2D eigenvalue weighted by Gasteiger charge is -2.23. The second-order valence-electron chi connectivity index (χ2n) is 6.59. The zero-order valence-corrected chi connectivity index (χ0v) is 15.9. The number of aliphatic hydroxyl groups excluding tert-OH is 1. The largest absolute Gasteiger partial charge is 0.503 e. The molecule has 0 saturated heterocycles.